The number of H-pyrrole nitrogens is 1. The zero-order valence-corrected chi connectivity index (χ0v) is 28.6. The van der Waals surface area contributed by atoms with Crippen LogP contribution in [0.15, 0.2) is 91.0 Å². The van der Waals surface area contributed by atoms with Gasteiger partial charge in [0.05, 0.1) is 14.2 Å². The number of para-hydroxylation sites is 1. The highest BCUT2D eigenvalue weighted by Gasteiger charge is 2.64. The third kappa shape index (κ3) is 5.27. The molecule has 0 radical (unpaired) electrons. The van der Waals surface area contributed by atoms with Crippen molar-refractivity contribution in [2.75, 3.05) is 33.9 Å². The van der Waals surface area contributed by atoms with E-state index in [4.69, 9.17) is 9.47 Å². The average Bonchev–Trinajstić information content (AvgIpc) is 3.98. The number of aryl methyl sites for hydroxylation is 1. The summed E-state index contributed by atoms with van der Waals surface area (Å²) < 4.78 is 13.3. The lowest BCUT2D eigenvalue weighted by Crippen LogP contribution is -2.58. The second kappa shape index (κ2) is 12.9. The first-order chi connectivity index (χ1) is 24.4. The fraction of sp³-hybridized carbons (Fsp3) is 0.341. The Hall–Kier alpha value is -5.31. The molecule has 8 rings (SSSR count). The number of likely N-dealkylation sites (tertiary alicyclic amines) is 2. The monoisotopic (exact) mass is 670 g/mol. The van der Waals surface area contributed by atoms with Crippen molar-refractivity contribution in [1.29, 1.82) is 0 Å². The Balaban J connectivity index is 1.25. The van der Waals surface area contributed by atoms with Crippen LogP contribution in [0.5, 0.6) is 5.75 Å². The van der Waals surface area contributed by atoms with Crippen molar-refractivity contribution in [1.82, 2.24) is 19.4 Å². The number of fused-ring (bicyclic) bond motifs is 4. The largest absolute Gasteiger partial charge is 0.497 e. The summed E-state index contributed by atoms with van der Waals surface area (Å²) in [5.74, 6) is -0.301. The van der Waals surface area contributed by atoms with E-state index in [2.05, 4.69) is 27.8 Å². The van der Waals surface area contributed by atoms with Crippen LogP contribution in [-0.2, 0) is 35.3 Å². The minimum atomic E-state index is -1.33. The van der Waals surface area contributed by atoms with Gasteiger partial charge in [-0.05, 0) is 84.2 Å². The molecule has 3 atom stereocenters. The van der Waals surface area contributed by atoms with E-state index in [1.54, 1.807) is 24.1 Å². The number of carbonyl (C=O) groups is 3. The molecule has 1 aliphatic carbocycles. The number of rotatable bonds is 9. The molecule has 2 amide bonds. The molecule has 0 saturated carbocycles. The highest BCUT2D eigenvalue weighted by atomic mass is 16.5. The molecule has 9 nitrogen and oxygen atoms in total. The molecule has 2 aliphatic heterocycles. The van der Waals surface area contributed by atoms with Gasteiger partial charge in [0.25, 0.3) is 11.8 Å². The summed E-state index contributed by atoms with van der Waals surface area (Å²) in [6.07, 6.45) is 3.63. The van der Waals surface area contributed by atoms with Crippen LogP contribution < -0.4 is 4.74 Å². The number of aromatic nitrogens is 2. The molecule has 1 N–H and O–H groups in total. The number of hydrogen-bond donors (Lipinski definition) is 1. The summed E-state index contributed by atoms with van der Waals surface area (Å²) in [5, 5.41) is 1.16. The lowest BCUT2D eigenvalue weighted by Gasteiger charge is -2.40. The first kappa shape index (κ1) is 31.9. The molecule has 0 unspecified atom stereocenters. The second-order valence-electron chi connectivity index (χ2n) is 13.9. The summed E-state index contributed by atoms with van der Waals surface area (Å²) >= 11 is 0. The van der Waals surface area contributed by atoms with E-state index in [1.807, 2.05) is 65.6 Å². The number of aromatic amines is 1. The van der Waals surface area contributed by atoms with Crippen molar-refractivity contribution in [3.63, 3.8) is 0 Å². The number of ether oxygens (including phenoxy) is 2. The summed E-state index contributed by atoms with van der Waals surface area (Å²) in [6.45, 7) is 2.50. The number of nitrogens with zero attached hydrogens (tertiary/aromatic N) is 3. The van der Waals surface area contributed by atoms with Gasteiger partial charge >= 0.3 is 5.97 Å². The molecule has 256 valence electrons. The molecule has 0 spiro atoms. The average molecular weight is 671 g/mol. The Morgan fingerprint density at radius 1 is 0.880 bits per heavy atom. The van der Waals surface area contributed by atoms with Crippen molar-refractivity contribution < 1.29 is 23.9 Å². The fourth-order valence-corrected chi connectivity index (χ4v) is 8.87. The SMILES string of the molecule is COC(=O)[C@@]1(Cc2ccc(OC)cc2)[C@H]2c3cc(C(=O)N4CCCC4)n(CCc4cc5ccccc5[nH]4)c3C[C@H]2CN1C(=O)c1ccccc1. The number of hydrogen-bond acceptors (Lipinski definition) is 5. The number of amides is 2. The van der Waals surface area contributed by atoms with Crippen LogP contribution in [0.4, 0.5) is 0 Å². The third-order valence-corrected chi connectivity index (χ3v) is 11.2. The molecule has 5 aromatic rings. The topological polar surface area (TPSA) is 96.9 Å². The lowest BCUT2D eigenvalue weighted by molar-refractivity contribution is -0.153. The highest BCUT2D eigenvalue weighted by Crippen LogP contribution is 2.55. The molecule has 0 bridgehead atoms. The van der Waals surface area contributed by atoms with Crippen LogP contribution >= 0.6 is 0 Å². The van der Waals surface area contributed by atoms with Gasteiger partial charge in [0.2, 0.25) is 0 Å². The number of methoxy groups -OCH3 is 2. The van der Waals surface area contributed by atoms with Gasteiger partial charge in [-0.15, -0.1) is 0 Å². The first-order valence-corrected chi connectivity index (χ1v) is 17.6. The van der Waals surface area contributed by atoms with Crippen LogP contribution in [0, 0.1) is 5.92 Å². The van der Waals surface area contributed by atoms with Gasteiger partial charge in [-0.1, -0.05) is 48.5 Å². The predicted molar refractivity (Wildman–Crippen MR) is 190 cm³/mol. The van der Waals surface area contributed by atoms with Crippen LogP contribution in [0.25, 0.3) is 10.9 Å². The molecule has 4 heterocycles. The van der Waals surface area contributed by atoms with Crippen LogP contribution in [0.3, 0.4) is 0 Å². The summed E-state index contributed by atoms with van der Waals surface area (Å²) in [4.78, 5) is 50.4. The van der Waals surface area contributed by atoms with Crippen molar-refractivity contribution in [3.05, 3.63) is 125 Å². The first-order valence-electron chi connectivity index (χ1n) is 17.6. The third-order valence-electron chi connectivity index (χ3n) is 11.2. The number of esters is 1. The minimum Gasteiger partial charge on any atom is -0.497 e. The van der Waals surface area contributed by atoms with E-state index in [-0.39, 0.29) is 30.1 Å². The standard InChI is InChI=1S/C41H42N4O5/c1-49-32-16-14-27(15-17-32)25-41(40(48)50-2)37-30(26-45(41)38(46)28-10-4-3-5-11-28)23-35-33(37)24-36(39(47)43-19-8-9-20-43)44(35)21-18-31-22-29-12-6-7-13-34(29)42-31/h3-7,10-17,22,24,30,37,42H,8-9,18-21,23,25-26H2,1-2H3/t30-,37+,41+/m0/s1. The predicted octanol–water partition coefficient (Wildman–Crippen LogP) is 6.02. The van der Waals surface area contributed by atoms with Gasteiger partial charge in [-0.3, -0.25) is 9.59 Å². The van der Waals surface area contributed by atoms with Gasteiger partial charge in [-0.2, -0.15) is 0 Å². The molecule has 2 fully saturated rings. The summed E-state index contributed by atoms with van der Waals surface area (Å²) in [6, 6.07) is 29.3. The van der Waals surface area contributed by atoms with E-state index < -0.39 is 11.5 Å². The van der Waals surface area contributed by atoms with Crippen LogP contribution in [0.2, 0.25) is 0 Å². The molecular formula is C41H42N4O5. The van der Waals surface area contributed by atoms with Gasteiger partial charge < -0.3 is 28.8 Å². The van der Waals surface area contributed by atoms with E-state index in [9.17, 15) is 14.4 Å². The molecule has 2 saturated heterocycles. The van der Waals surface area contributed by atoms with E-state index in [0.717, 1.165) is 65.8 Å². The number of carbonyl (C=O) groups excluding carboxylic acids is 3. The Bertz CT molecular complexity index is 2030. The molecular weight excluding hydrogens is 628 g/mol. The van der Waals surface area contributed by atoms with E-state index >= 15 is 0 Å². The maximum Gasteiger partial charge on any atom is 0.332 e. The van der Waals surface area contributed by atoms with E-state index in [1.165, 1.54) is 7.11 Å². The zero-order chi connectivity index (χ0) is 34.4. The molecule has 50 heavy (non-hydrogen) atoms. The fourth-order valence-electron chi connectivity index (χ4n) is 8.87. The van der Waals surface area contributed by atoms with Crippen molar-refractivity contribution in [2.24, 2.45) is 5.92 Å². The van der Waals surface area contributed by atoms with Crippen molar-refractivity contribution >= 4 is 28.7 Å². The van der Waals surface area contributed by atoms with Gasteiger partial charge in [0, 0.05) is 67.4 Å². The summed E-state index contributed by atoms with van der Waals surface area (Å²) in [7, 11) is 3.02. The Labute approximate surface area is 291 Å². The quantitative estimate of drug-likeness (QED) is 0.194. The smallest absolute Gasteiger partial charge is 0.332 e. The highest BCUT2D eigenvalue weighted by molar-refractivity contribution is 6.00. The zero-order valence-electron chi connectivity index (χ0n) is 28.6. The second-order valence-corrected chi connectivity index (χ2v) is 13.9. The molecule has 3 aliphatic rings. The van der Waals surface area contributed by atoms with Gasteiger partial charge in [-0.25, -0.2) is 4.79 Å². The number of nitrogens with one attached hydrogen (secondary N) is 1. The molecule has 2 aromatic heterocycles. The maximum atomic E-state index is 14.5. The minimum absolute atomic E-state index is 0.0270. The lowest BCUT2D eigenvalue weighted by atomic mass is 9.75. The summed E-state index contributed by atoms with van der Waals surface area (Å²) in [5.41, 5.74) is 4.98. The van der Waals surface area contributed by atoms with Crippen LogP contribution in [-0.4, -0.2) is 76.5 Å². The molecule has 9 heteroatoms. The Kier molecular flexibility index (Phi) is 8.21. The van der Waals surface area contributed by atoms with Gasteiger partial charge in [0.1, 0.15) is 11.4 Å². The van der Waals surface area contributed by atoms with Crippen LogP contribution in [0.1, 0.15) is 62.1 Å². The van der Waals surface area contributed by atoms with E-state index in [0.29, 0.717) is 36.5 Å². The van der Waals surface area contributed by atoms with Crippen molar-refractivity contribution in [3.8, 4) is 5.75 Å². The number of benzene rings is 3. The van der Waals surface area contributed by atoms with Gasteiger partial charge in [0.15, 0.2) is 5.54 Å². The Morgan fingerprint density at radius 2 is 1.62 bits per heavy atom. The maximum absolute atomic E-state index is 14.5. The Morgan fingerprint density at radius 3 is 2.34 bits per heavy atom. The van der Waals surface area contributed by atoms with Crippen molar-refractivity contribution in [2.45, 2.75) is 50.1 Å². The molecule has 3 aromatic carbocycles. The normalized spacial score (nSPS) is 21.0.